The van der Waals surface area contributed by atoms with Gasteiger partial charge in [0.25, 0.3) is 0 Å². The van der Waals surface area contributed by atoms with Gasteiger partial charge in [-0.1, -0.05) is 24.3 Å². The molecule has 24 heavy (non-hydrogen) atoms. The Morgan fingerprint density at radius 1 is 1.21 bits per heavy atom. The number of aliphatic hydroxyl groups excluding tert-OH is 1. The molecule has 6 heteroatoms. The summed E-state index contributed by atoms with van der Waals surface area (Å²) in [7, 11) is 0. The summed E-state index contributed by atoms with van der Waals surface area (Å²) in [5, 5.41) is 16.2. The molecule has 1 aromatic carbocycles. The van der Waals surface area contributed by atoms with Crippen molar-refractivity contribution in [1.29, 1.82) is 0 Å². The van der Waals surface area contributed by atoms with Crippen molar-refractivity contribution in [3.8, 4) is 0 Å². The van der Waals surface area contributed by atoms with Gasteiger partial charge in [0.05, 0.1) is 24.9 Å². The fourth-order valence-corrected chi connectivity index (χ4v) is 2.64. The standard InChI is InChI=1S/C18H20N4O2/c23-12-15(9-13-10-20-17-7-2-1-6-16(13)17)22-18(24)21-11-14-5-3-4-8-19-14/h1-8,10,15,20,23H,9,11-12H2,(H2,21,22,24)/t15-/m1/s1. The van der Waals surface area contributed by atoms with Gasteiger partial charge in [0.15, 0.2) is 0 Å². The van der Waals surface area contributed by atoms with E-state index in [1.54, 1.807) is 6.20 Å². The van der Waals surface area contributed by atoms with Crippen LogP contribution in [0, 0.1) is 0 Å². The number of urea groups is 1. The zero-order valence-corrected chi connectivity index (χ0v) is 13.2. The molecule has 0 bridgehead atoms. The van der Waals surface area contributed by atoms with Crippen LogP contribution in [0.3, 0.4) is 0 Å². The molecule has 124 valence electrons. The maximum atomic E-state index is 12.0. The van der Waals surface area contributed by atoms with Gasteiger partial charge in [-0.25, -0.2) is 4.79 Å². The summed E-state index contributed by atoms with van der Waals surface area (Å²) < 4.78 is 0. The fraction of sp³-hybridized carbons (Fsp3) is 0.222. The summed E-state index contributed by atoms with van der Waals surface area (Å²) >= 11 is 0. The van der Waals surface area contributed by atoms with Crippen molar-refractivity contribution < 1.29 is 9.90 Å². The van der Waals surface area contributed by atoms with Crippen molar-refractivity contribution in [2.45, 2.75) is 19.0 Å². The van der Waals surface area contributed by atoms with Crippen LogP contribution in [-0.4, -0.2) is 33.8 Å². The highest BCUT2D eigenvalue weighted by Gasteiger charge is 2.14. The van der Waals surface area contributed by atoms with Crippen molar-refractivity contribution >= 4 is 16.9 Å². The summed E-state index contributed by atoms with van der Waals surface area (Å²) in [6.07, 6.45) is 4.15. The van der Waals surface area contributed by atoms with Gasteiger partial charge in [-0.15, -0.1) is 0 Å². The number of amides is 2. The second-order valence-corrected chi connectivity index (χ2v) is 5.59. The highest BCUT2D eigenvalue weighted by Crippen LogP contribution is 2.18. The number of aromatic nitrogens is 2. The lowest BCUT2D eigenvalue weighted by Crippen LogP contribution is -2.44. The van der Waals surface area contributed by atoms with Crippen molar-refractivity contribution in [2.75, 3.05) is 6.61 Å². The molecule has 0 spiro atoms. The molecule has 6 nitrogen and oxygen atoms in total. The first-order valence-corrected chi connectivity index (χ1v) is 7.86. The Labute approximate surface area is 139 Å². The molecular formula is C18H20N4O2. The number of hydrogen-bond donors (Lipinski definition) is 4. The van der Waals surface area contributed by atoms with Gasteiger partial charge in [-0.3, -0.25) is 4.98 Å². The predicted octanol–water partition coefficient (Wildman–Crippen LogP) is 1.97. The van der Waals surface area contributed by atoms with Crippen LogP contribution in [0.1, 0.15) is 11.3 Å². The lowest BCUT2D eigenvalue weighted by Gasteiger charge is -2.16. The third-order valence-corrected chi connectivity index (χ3v) is 3.85. The zero-order chi connectivity index (χ0) is 16.8. The number of carbonyl (C=O) groups is 1. The lowest BCUT2D eigenvalue weighted by atomic mass is 10.1. The molecule has 0 aliphatic carbocycles. The zero-order valence-electron chi connectivity index (χ0n) is 13.2. The van der Waals surface area contributed by atoms with Crippen LogP contribution in [0.4, 0.5) is 4.79 Å². The first kappa shape index (κ1) is 16.0. The first-order chi connectivity index (χ1) is 11.8. The summed E-state index contributed by atoms with van der Waals surface area (Å²) in [6, 6.07) is 12.8. The van der Waals surface area contributed by atoms with Gasteiger partial charge in [-0.05, 0) is 30.2 Å². The molecule has 4 N–H and O–H groups in total. The number of nitrogens with zero attached hydrogens (tertiary/aromatic N) is 1. The van der Waals surface area contributed by atoms with Crippen LogP contribution in [0.15, 0.2) is 54.9 Å². The minimum atomic E-state index is -0.354. The van der Waals surface area contributed by atoms with Crippen molar-refractivity contribution in [3.63, 3.8) is 0 Å². The third kappa shape index (κ3) is 3.91. The quantitative estimate of drug-likeness (QED) is 0.559. The number of aromatic amines is 1. The molecule has 1 atom stereocenters. The maximum absolute atomic E-state index is 12.0. The Hall–Kier alpha value is -2.86. The first-order valence-electron chi connectivity index (χ1n) is 7.86. The highest BCUT2D eigenvalue weighted by atomic mass is 16.3. The van der Waals surface area contributed by atoms with Crippen LogP contribution in [-0.2, 0) is 13.0 Å². The van der Waals surface area contributed by atoms with Crippen LogP contribution < -0.4 is 10.6 Å². The van der Waals surface area contributed by atoms with E-state index in [-0.39, 0.29) is 18.7 Å². The second-order valence-electron chi connectivity index (χ2n) is 5.59. The van der Waals surface area contributed by atoms with E-state index in [1.165, 1.54) is 0 Å². The van der Waals surface area contributed by atoms with Crippen molar-refractivity contribution in [2.24, 2.45) is 0 Å². The van der Waals surface area contributed by atoms with Gasteiger partial charge >= 0.3 is 6.03 Å². The molecule has 3 aromatic rings. The number of pyridine rings is 1. The van der Waals surface area contributed by atoms with E-state index in [1.807, 2.05) is 48.7 Å². The molecule has 0 fully saturated rings. The minimum absolute atomic E-state index is 0.128. The number of nitrogens with one attached hydrogen (secondary N) is 3. The number of carbonyl (C=O) groups excluding carboxylic acids is 1. The summed E-state index contributed by atoms with van der Waals surface area (Å²) in [5.74, 6) is 0. The second kappa shape index (κ2) is 7.61. The van der Waals surface area contributed by atoms with Crippen molar-refractivity contribution in [3.05, 3.63) is 66.1 Å². The molecule has 2 heterocycles. The molecule has 2 aromatic heterocycles. The van der Waals surface area contributed by atoms with E-state index in [9.17, 15) is 9.90 Å². The number of hydrogen-bond acceptors (Lipinski definition) is 3. The van der Waals surface area contributed by atoms with Gasteiger partial charge in [0.2, 0.25) is 0 Å². The highest BCUT2D eigenvalue weighted by molar-refractivity contribution is 5.83. The molecule has 0 radical (unpaired) electrons. The molecule has 0 aliphatic heterocycles. The number of aliphatic hydroxyl groups is 1. The summed E-state index contributed by atoms with van der Waals surface area (Å²) in [5.41, 5.74) is 2.89. The smallest absolute Gasteiger partial charge is 0.315 e. The lowest BCUT2D eigenvalue weighted by molar-refractivity contribution is 0.215. The van der Waals surface area contributed by atoms with Crippen LogP contribution in [0.25, 0.3) is 10.9 Å². The Bertz CT molecular complexity index is 801. The normalized spacial score (nSPS) is 12.0. The number of para-hydroxylation sites is 1. The topological polar surface area (TPSA) is 90.0 Å². The SMILES string of the molecule is O=C(NCc1ccccn1)N[C@@H](CO)Cc1c[nH]c2ccccc12. The average molecular weight is 324 g/mol. The van der Waals surface area contributed by atoms with E-state index >= 15 is 0 Å². The molecule has 2 amide bonds. The molecule has 3 rings (SSSR count). The van der Waals surface area contributed by atoms with E-state index in [0.717, 1.165) is 22.2 Å². The molecule has 0 aliphatic rings. The molecule has 0 saturated heterocycles. The van der Waals surface area contributed by atoms with E-state index < -0.39 is 0 Å². The maximum Gasteiger partial charge on any atom is 0.315 e. The van der Waals surface area contributed by atoms with E-state index in [0.29, 0.717) is 13.0 Å². The Morgan fingerprint density at radius 3 is 2.83 bits per heavy atom. The fourth-order valence-electron chi connectivity index (χ4n) is 2.64. The van der Waals surface area contributed by atoms with E-state index in [4.69, 9.17) is 0 Å². The third-order valence-electron chi connectivity index (χ3n) is 3.85. The minimum Gasteiger partial charge on any atom is -0.394 e. The van der Waals surface area contributed by atoms with Crippen LogP contribution >= 0.6 is 0 Å². The Morgan fingerprint density at radius 2 is 2.04 bits per heavy atom. The van der Waals surface area contributed by atoms with Crippen LogP contribution in [0.5, 0.6) is 0 Å². The average Bonchev–Trinajstić information content (AvgIpc) is 3.03. The largest absolute Gasteiger partial charge is 0.394 e. The molecular weight excluding hydrogens is 304 g/mol. The Kier molecular flexibility index (Phi) is 5.08. The van der Waals surface area contributed by atoms with Crippen LogP contribution in [0.2, 0.25) is 0 Å². The van der Waals surface area contributed by atoms with E-state index in [2.05, 4.69) is 20.6 Å². The van der Waals surface area contributed by atoms with Gasteiger partial charge in [0.1, 0.15) is 0 Å². The summed E-state index contributed by atoms with van der Waals surface area (Å²) in [4.78, 5) is 19.4. The number of benzene rings is 1. The molecule has 0 saturated carbocycles. The van der Waals surface area contributed by atoms with Gasteiger partial charge in [-0.2, -0.15) is 0 Å². The van der Waals surface area contributed by atoms with Crippen molar-refractivity contribution in [1.82, 2.24) is 20.6 Å². The monoisotopic (exact) mass is 324 g/mol. The Balaban J connectivity index is 1.57. The molecule has 0 unspecified atom stereocenters. The predicted molar refractivity (Wildman–Crippen MR) is 92.5 cm³/mol. The number of H-pyrrole nitrogens is 1. The van der Waals surface area contributed by atoms with Gasteiger partial charge < -0.3 is 20.7 Å². The summed E-state index contributed by atoms with van der Waals surface area (Å²) in [6.45, 7) is 0.217. The number of rotatable bonds is 6. The number of fused-ring (bicyclic) bond motifs is 1. The van der Waals surface area contributed by atoms with Gasteiger partial charge in [0, 0.05) is 23.3 Å².